The molecular formula is C25H33FN6O3. The summed E-state index contributed by atoms with van der Waals surface area (Å²) in [4.78, 5) is 26.0. The number of amides is 2. The Labute approximate surface area is 204 Å². The first-order valence-electron chi connectivity index (χ1n) is 11.9. The molecule has 10 heteroatoms. The Morgan fingerprint density at radius 3 is 2.37 bits per heavy atom. The van der Waals surface area contributed by atoms with Crippen molar-refractivity contribution in [3.63, 3.8) is 0 Å². The second-order valence-corrected chi connectivity index (χ2v) is 9.27. The summed E-state index contributed by atoms with van der Waals surface area (Å²) in [5, 5.41) is 28.1. The number of rotatable bonds is 8. The van der Waals surface area contributed by atoms with Crippen molar-refractivity contribution in [1.82, 2.24) is 14.7 Å². The standard InChI is InChI=1S/C25H33FN6O3/c1-5-15(3)25(16(4)6-2)20(13-27)21(11-12-31(25)24(34)35)32-14-19(22(28)33)23(30-32)29-18-9-7-17(26)8-10-18/h7-10,14-16,20-21H,5-6,11-12H2,1-4H3,(H2,28,33)(H,29,30)(H,34,35). The molecule has 1 aromatic carbocycles. The van der Waals surface area contributed by atoms with Gasteiger partial charge in [-0.05, 0) is 42.5 Å². The Balaban J connectivity index is 2.12. The first-order chi connectivity index (χ1) is 16.6. The zero-order chi connectivity index (χ0) is 25.9. The number of nitrogens with zero attached hydrogens (tertiary/aromatic N) is 4. The van der Waals surface area contributed by atoms with E-state index >= 15 is 0 Å². The van der Waals surface area contributed by atoms with Crippen LogP contribution in [0, 0.1) is 34.9 Å². The fourth-order valence-electron chi connectivity index (χ4n) is 5.62. The summed E-state index contributed by atoms with van der Waals surface area (Å²) in [5.74, 6) is -1.80. The average molecular weight is 485 g/mol. The van der Waals surface area contributed by atoms with E-state index in [4.69, 9.17) is 5.73 Å². The normalized spacial score (nSPS) is 23.8. The molecule has 35 heavy (non-hydrogen) atoms. The lowest BCUT2D eigenvalue weighted by Gasteiger charge is -2.57. The molecule has 4 N–H and O–H groups in total. The van der Waals surface area contributed by atoms with Crippen molar-refractivity contribution in [2.45, 2.75) is 58.5 Å². The average Bonchev–Trinajstić information content (AvgIpc) is 3.26. The van der Waals surface area contributed by atoms with Crippen LogP contribution in [0.25, 0.3) is 0 Å². The van der Waals surface area contributed by atoms with Gasteiger partial charge < -0.3 is 21.1 Å². The summed E-state index contributed by atoms with van der Waals surface area (Å²) in [6.45, 7) is 8.22. The van der Waals surface area contributed by atoms with Crippen LogP contribution in [0.2, 0.25) is 0 Å². The number of nitriles is 1. The zero-order valence-corrected chi connectivity index (χ0v) is 20.5. The van der Waals surface area contributed by atoms with Crippen LogP contribution in [0.4, 0.5) is 20.7 Å². The van der Waals surface area contributed by atoms with E-state index in [1.165, 1.54) is 35.4 Å². The first kappa shape index (κ1) is 26.0. The number of carbonyl (C=O) groups excluding carboxylic acids is 1. The smallest absolute Gasteiger partial charge is 0.407 e. The lowest BCUT2D eigenvalue weighted by Crippen LogP contribution is -2.67. The van der Waals surface area contributed by atoms with E-state index in [2.05, 4.69) is 16.5 Å². The number of carbonyl (C=O) groups is 2. The summed E-state index contributed by atoms with van der Waals surface area (Å²) in [6, 6.07) is 7.55. The summed E-state index contributed by atoms with van der Waals surface area (Å²) >= 11 is 0. The Kier molecular flexibility index (Phi) is 7.68. The van der Waals surface area contributed by atoms with E-state index in [-0.39, 0.29) is 29.8 Å². The third-order valence-corrected chi connectivity index (χ3v) is 7.62. The number of likely N-dealkylation sites (tertiary alicyclic amines) is 1. The van der Waals surface area contributed by atoms with Crippen molar-refractivity contribution < 1.29 is 19.1 Å². The number of primary amides is 1. The fraction of sp³-hybridized carbons (Fsp3) is 0.520. The van der Waals surface area contributed by atoms with E-state index in [1.54, 1.807) is 4.68 Å². The molecule has 0 bridgehead atoms. The number of aromatic nitrogens is 2. The van der Waals surface area contributed by atoms with Crippen LogP contribution in [0.5, 0.6) is 0 Å². The highest BCUT2D eigenvalue weighted by Gasteiger charge is 2.58. The van der Waals surface area contributed by atoms with Gasteiger partial charge in [-0.25, -0.2) is 9.18 Å². The molecule has 2 heterocycles. The van der Waals surface area contributed by atoms with Crippen molar-refractivity contribution in [2.24, 2.45) is 23.5 Å². The number of benzene rings is 1. The third kappa shape index (κ3) is 4.55. The SMILES string of the molecule is CCC(C)C1(C(C)CC)C(C#N)C(n2cc(C(N)=O)c(Nc3ccc(F)cc3)n2)CCN1C(=O)O. The molecule has 1 aliphatic heterocycles. The number of halogens is 1. The molecule has 1 aliphatic rings. The summed E-state index contributed by atoms with van der Waals surface area (Å²) < 4.78 is 14.9. The minimum Gasteiger partial charge on any atom is -0.465 e. The highest BCUT2D eigenvalue weighted by atomic mass is 19.1. The lowest BCUT2D eigenvalue weighted by atomic mass is 9.60. The summed E-state index contributed by atoms with van der Waals surface area (Å²) in [5.41, 5.74) is 5.33. The number of piperidine rings is 1. The van der Waals surface area contributed by atoms with Gasteiger partial charge in [0.25, 0.3) is 5.91 Å². The third-order valence-electron chi connectivity index (χ3n) is 7.62. The molecule has 2 aromatic rings. The number of carboxylic acid groups (broad SMARTS) is 1. The number of nitrogens with two attached hydrogens (primary N) is 1. The number of nitrogens with one attached hydrogen (secondary N) is 1. The molecule has 4 unspecified atom stereocenters. The number of hydrogen-bond acceptors (Lipinski definition) is 5. The maximum atomic E-state index is 13.3. The Morgan fingerprint density at radius 1 is 1.29 bits per heavy atom. The van der Waals surface area contributed by atoms with Gasteiger partial charge in [0.15, 0.2) is 5.82 Å². The van der Waals surface area contributed by atoms with Gasteiger partial charge in [-0.2, -0.15) is 10.4 Å². The topological polar surface area (TPSA) is 137 Å². The van der Waals surface area contributed by atoms with E-state index in [0.717, 1.165) is 0 Å². The predicted octanol–water partition coefficient (Wildman–Crippen LogP) is 4.76. The summed E-state index contributed by atoms with van der Waals surface area (Å²) in [7, 11) is 0. The van der Waals surface area contributed by atoms with Gasteiger partial charge >= 0.3 is 6.09 Å². The molecular weight excluding hydrogens is 451 g/mol. The van der Waals surface area contributed by atoms with Crippen molar-refractivity contribution >= 4 is 23.5 Å². The zero-order valence-electron chi connectivity index (χ0n) is 20.5. The molecule has 1 aromatic heterocycles. The maximum absolute atomic E-state index is 13.3. The highest BCUT2D eigenvalue weighted by Crippen LogP contribution is 2.50. The van der Waals surface area contributed by atoms with Gasteiger partial charge in [-0.15, -0.1) is 0 Å². The Bertz CT molecular complexity index is 1100. The lowest BCUT2D eigenvalue weighted by molar-refractivity contribution is -0.0724. The van der Waals surface area contributed by atoms with Crippen molar-refractivity contribution in [1.29, 1.82) is 5.26 Å². The van der Waals surface area contributed by atoms with E-state index in [1.807, 2.05) is 27.7 Å². The van der Waals surface area contributed by atoms with Gasteiger partial charge in [0.1, 0.15) is 11.4 Å². The van der Waals surface area contributed by atoms with Crippen LogP contribution in [-0.4, -0.2) is 43.9 Å². The predicted molar refractivity (Wildman–Crippen MR) is 130 cm³/mol. The van der Waals surface area contributed by atoms with Crippen molar-refractivity contribution in [3.8, 4) is 6.07 Å². The number of hydrogen-bond donors (Lipinski definition) is 3. The van der Waals surface area contributed by atoms with Gasteiger partial charge in [-0.3, -0.25) is 9.48 Å². The molecule has 2 amide bonds. The monoisotopic (exact) mass is 484 g/mol. The van der Waals surface area contributed by atoms with Crippen LogP contribution in [0.15, 0.2) is 30.5 Å². The Morgan fingerprint density at radius 2 is 1.89 bits per heavy atom. The minimum absolute atomic E-state index is 0.0935. The second kappa shape index (κ2) is 10.3. The van der Waals surface area contributed by atoms with Gasteiger partial charge in [0.2, 0.25) is 0 Å². The van der Waals surface area contributed by atoms with Crippen LogP contribution >= 0.6 is 0 Å². The van der Waals surface area contributed by atoms with Gasteiger partial charge in [0, 0.05) is 18.4 Å². The molecule has 3 rings (SSSR count). The molecule has 0 radical (unpaired) electrons. The Hall–Kier alpha value is -3.61. The molecule has 0 saturated carbocycles. The van der Waals surface area contributed by atoms with Crippen LogP contribution in [0.1, 0.15) is 63.4 Å². The highest BCUT2D eigenvalue weighted by molar-refractivity contribution is 5.98. The van der Waals surface area contributed by atoms with E-state index in [0.29, 0.717) is 24.9 Å². The number of anilines is 2. The molecule has 4 atom stereocenters. The van der Waals surface area contributed by atoms with E-state index < -0.39 is 35.3 Å². The first-order valence-corrected chi connectivity index (χ1v) is 11.9. The summed E-state index contributed by atoms with van der Waals surface area (Å²) in [6.07, 6.45) is 2.22. The van der Waals surface area contributed by atoms with Crippen molar-refractivity contribution in [2.75, 3.05) is 11.9 Å². The quantitative estimate of drug-likeness (QED) is 0.494. The maximum Gasteiger partial charge on any atom is 0.407 e. The molecule has 0 spiro atoms. The van der Waals surface area contributed by atoms with E-state index in [9.17, 15) is 24.3 Å². The minimum atomic E-state index is -1.04. The van der Waals surface area contributed by atoms with Crippen LogP contribution < -0.4 is 11.1 Å². The largest absolute Gasteiger partial charge is 0.465 e. The van der Waals surface area contributed by atoms with Crippen molar-refractivity contribution in [3.05, 3.63) is 41.8 Å². The molecule has 1 fully saturated rings. The molecule has 1 saturated heterocycles. The van der Waals surface area contributed by atoms with Crippen LogP contribution in [0.3, 0.4) is 0 Å². The van der Waals surface area contributed by atoms with Gasteiger partial charge in [0.05, 0.1) is 23.6 Å². The molecule has 0 aliphatic carbocycles. The fourth-order valence-corrected chi connectivity index (χ4v) is 5.62. The molecule has 188 valence electrons. The second-order valence-electron chi connectivity index (χ2n) is 9.27. The van der Waals surface area contributed by atoms with Gasteiger partial charge in [-0.1, -0.05) is 40.5 Å². The van der Waals surface area contributed by atoms with Crippen LogP contribution in [-0.2, 0) is 0 Å². The molecule has 9 nitrogen and oxygen atoms in total.